The number of rotatable bonds is 3. The molecule has 5 heteroatoms. The third-order valence-electron chi connectivity index (χ3n) is 3.26. The molecule has 1 heterocycles. The van der Waals surface area contributed by atoms with Crippen LogP contribution in [-0.4, -0.2) is 10.9 Å². The average molecular weight is 420 g/mol. The Labute approximate surface area is 146 Å². The molecule has 22 heavy (non-hydrogen) atoms. The molecule has 3 nitrogen and oxygen atoms in total. The van der Waals surface area contributed by atoms with Gasteiger partial charge in [-0.05, 0) is 47.2 Å². The Morgan fingerprint density at radius 3 is 2.64 bits per heavy atom. The van der Waals surface area contributed by atoms with E-state index in [1.54, 1.807) is 0 Å². The van der Waals surface area contributed by atoms with Crippen LogP contribution in [0.3, 0.4) is 0 Å². The van der Waals surface area contributed by atoms with Crippen LogP contribution in [-0.2, 0) is 0 Å². The fraction of sp³-hybridized carbons (Fsp3) is 0.0588. The van der Waals surface area contributed by atoms with Gasteiger partial charge in [-0.3, -0.25) is 10.1 Å². The Hall–Kier alpha value is -1.73. The van der Waals surface area contributed by atoms with Gasteiger partial charge in [-0.15, -0.1) is 11.3 Å². The maximum Gasteiger partial charge on any atom is 0.258 e. The van der Waals surface area contributed by atoms with Gasteiger partial charge in [0.05, 0.1) is 11.3 Å². The van der Waals surface area contributed by atoms with Gasteiger partial charge in [0.1, 0.15) is 0 Å². The first-order valence-corrected chi connectivity index (χ1v) is 8.68. The summed E-state index contributed by atoms with van der Waals surface area (Å²) in [4.78, 5) is 16.8. The molecule has 0 atom stereocenters. The van der Waals surface area contributed by atoms with E-state index in [2.05, 4.69) is 45.9 Å². The van der Waals surface area contributed by atoms with Crippen molar-refractivity contribution >= 4 is 45.0 Å². The van der Waals surface area contributed by atoms with Crippen LogP contribution in [0.15, 0.2) is 53.9 Å². The summed E-state index contributed by atoms with van der Waals surface area (Å²) in [5, 5.41) is 5.45. The number of carbonyl (C=O) groups is 1. The summed E-state index contributed by atoms with van der Waals surface area (Å²) >= 11 is 3.60. The summed E-state index contributed by atoms with van der Waals surface area (Å²) in [6.07, 6.45) is 0. The summed E-state index contributed by atoms with van der Waals surface area (Å²) < 4.78 is 0.924. The van der Waals surface area contributed by atoms with Crippen LogP contribution < -0.4 is 5.32 Å². The first-order valence-electron chi connectivity index (χ1n) is 6.72. The Morgan fingerprint density at radius 2 is 1.86 bits per heavy atom. The van der Waals surface area contributed by atoms with Crippen LogP contribution in [0.4, 0.5) is 5.13 Å². The average Bonchev–Trinajstić information content (AvgIpc) is 2.96. The molecule has 0 unspecified atom stereocenters. The molecule has 0 fully saturated rings. The fourth-order valence-electron chi connectivity index (χ4n) is 2.12. The first kappa shape index (κ1) is 15.2. The zero-order chi connectivity index (χ0) is 15.5. The molecular formula is C17H13IN2OS. The second-order valence-electron chi connectivity index (χ2n) is 4.79. The van der Waals surface area contributed by atoms with Crippen LogP contribution in [0.5, 0.6) is 0 Å². The van der Waals surface area contributed by atoms with Gasteiger partial charge < -0.3 is 0 Å². The van der Waals surface area contributed by atoms with Crippen LogP contribution in [0.1, 0.15) is 15.9 Å². The number of carbonyl (C=O) groups excluding carboxylic acids is 1. The summed E-state index contributed by atoms with van der Waals surface area (Å²) in [7, 11) is 0. The Balaban J connectivity index is 1.82. The Morgan fingerprint density at radius 1 is 1.14 bits per heavy atom. The Bertz CT molecular complexity index is 829. The molecule has 3 rings (SSSR count). The monoisotopic (exact) mass is 420 g/mol. The normalized spacial score (nSPS) is 10.5. The lowest BCUT2D eigenvalue weighted by Gasteiger charge is -2.04. The van der Waals surface area contributed by atoms with Gasteiger partial charge in [-0.1, -0.05) is 36.4 Å². The van der Waals surface area contributed by atoms with Crippen molar-refractivity contribution < 1.29 is 4.79 Å². The maximum atomic E-state index is 12.3. The molecule has 0 aliphatic heterocycles. The molecule has 1 amide bonds. The van der Waals surface area contributed by atoms with Gasteiger partial charge in [0.15, 0.2) is 5.13 Å². The van der Waals surface area contributed by atoms with E-state index in [4.69, 9.17) is 0 Å². The van der Waals surface area contributed by atoms with E-state index in [0.29, 0.717) is 10.7 Å². The molecule has 110 valence electrons. The molecule has 2 aromatic carbocycles. The molecule has 1 aromatic heterocycles. The largest absolute Gasteiger partial charge is 0.298 e. The number of halogens is 1. The van der Waals surface area contributed by atoms with Crippen molar-refractivity contribution in [2.45, 2.75) is 6.92 Å². The van der Waals surface area contributed by atoms with Crippen molar-refractivity contribution in [1.82, 2.24) is 4.98 Å². The number of hydrogen-bond acceptors (Lipinski definition) is 3. The molecule has 1 N–H and O–H groups in total. The van der Waals surface area contributed by atoms with E-state index >= 15 is 0 Å². The standard InChI is InChI=1S/C17H13IN2OS/c1-11-6-2-3-7-12(11)15-10-22-17(19-15)20-16(21)13-8-4-5-9-14(13)18/h2-10H,1H3,(H,19,20,21). The third kappa shape index (κ3) is 3.20. The number of nitrogens with one attached hydrogen (secondary N) is 1. The third-order valence-corrected chi connectivity index (χ3v) is 4.96. The number of anilines is 1. The molecule has 0 radical (unpaired) electrons. The minimum absolute atomic E-state index is 0.129. The summed E-state index contributed by atoms with van der Waals surface area (Å²) in [6, 6.07) is 15.6. The van der Waals surface area contributed by atoms with Crippen molar-refractivity contribution in [3.05, 3.63) is 68.6 Å². The fourth-order valence-corrected chi connectivity index (χ4v) is 3.46. The number of aryl methyl sites for hydroxylation is 1. The topological polar surface area (TPSA) is 42.0 Å². The molecule has 0 aliphatic carbocycles. The molecule has 0 saturated heterocycles. The molecular weight excluding hydrogens is 407 g/mol. The lowest BCUT2D eigenvalue weighted by molar-refractivity contribution is 0.102. The van der Waals surface area contributed by atoms with Crippen molar-refractivity contribution in [2.75, 3.05) is 5.32 Å². The molecule has 3 aromatic rings. The van der Waals surface area contributed by atoms with E-state index < -0.39 is 0 Å². The highest BCUT2D eigenvalue weighted by Crippen LogP contribution is 2.27. The summed E-state index contributed by atoms with van der Waals surface area (Å²) in [5.74, 6) is -0.129. The number of aromatic nitrogens is 1. The maximum absolute atomic E-state index is 12.3. The van der Waals surface area contributed by atoms with E-state index in [0.717, 1.165) is 14.8 Å². The highest BCUT2D eigenvalue weighted by molar-refractivity contribution is 14.1. The lowest BCUT2D eigenvalue weighted by Crippen LogP contribution is -2.13. The minimum Gasteiger partial charge on any atom is -0.298 e. The second-order valence-corrected chi connectivity index (χ2v) is 6.81. The predicted octanol–water partition coefficient (Wildman–Crippen LogP) is 4.98. The van der Waals surface area contributed by atoms with Gasteiger partial charge in [-0.2, -0.15) is 0 Å². The van der Waals surface area contributed by atoms with Gasteiger partial charge >= 0.3 is 0 Å². The van der Waals surface area contributed by atoms with Gasteiger partial charge in [0, 0.05) is 14.5 Å². The minimum atomic E-state index is -0.129. The molecule has 0 aliphatic rings. The van der Waals surface area contributed by atoms with Crippen LogP contribution >= 0.6 is 33.9 Å². The summed E-state index contributed by atoms with van der Waals surface area (Å²) in [6.45, 7) is 2.05. The molecule has 0 bridgehead atoms. The van der Waals surface area contributed by atoms with E-state index in [1.165, 1.54) is 16.9 Å². The number of benzene rings is 2. The highest BCUT2D eigenvalue weighted by atomic mass is 127. The second kappa shape index (κ2) is 6.58. The van der Waals surface area contributed by atoms with Crippen LogP contribution in [0.2, 0.25) is 0 Å². The number of amides is 1. The van der Waals surface area contributed by atoms with E-state index in [-0.39, 0.29) is 5.91 Å². The SMILES string of the molecule is Cc1ccccc1-c1csc(NC(=O)c2ccccc2I)n1. The zero-order valence-electron chi connectivity index (χ0n) is 11.8. The first-order chi connectivity index (χ1) is 10.6. The van der Waals surface area contributed by atoms with Crippen molar-refractivity contribution in [1.29, 1.82) is 0 Å². The molecule has 0 saturated carbocycles. The van der Waals surface area contributed by atoms with Gasteiger partial charge in [-0.25, -0.2) is 4.98 Å². The van der Waals surface area contributed by atoms with Gasteiger partial charge in [0.25, 0.3) is 5.91 Å². The van der Waals surface area contributed by atoms with E-state index in [9.17, 15) is 4.79 Å². The molecule has 0 spiro atoms. The van der Waals surface area contributed by atoms with Gasteiger partial charge in [0.2, 0.25) is 0 Å². The highest BCUT2D eigenvalue weighted by Gasteiger charge is 2.12. The summed E-state index contributed by atoms with van der Waals surface area (Å²) in [5.41, 5.74) is 3.81. The van der Waals surface area contributed by atoms with Crippen LogP contribution in [0.25, 0.3) is 11.3 Å². The number of thiazole rings is 1. The van der Waals surface area contributed by atoms with Crippen molar-refractivity contribution in [3.63, 3.8) is 0 Å². The van der Waals surface area contributed by atoms with Crippen molar-refractivity contribution in [2.24, 2.45) is 0 Å². The van der Waals surface area contributed by atoms with Crippen LogP contribution in [0, 0.1) is 10.5 Å². The zero-order valence-corrected chi connectivity index (χ0v) is 14.8. The Kier molecular flexibility index (Phi) is 4.54. The smallest absolute Gasteiger partial charge is 0.258 e. The predicted molar refractivity (Wildman–Crippen MR) is 99.4 cm³/mol. The number of hydrogen-bond donors (Lipinski definition) is 1. The quantitative estimate of drug-likeness (QED) is 0.608. The van der Waals surface area contributed by atoms with Crippen molar-refractivity contribution in [3.8, 4) is 11.3 Å². The lowest BCUT2D eigenvalue weighted by atomic mass is 10.1. The number of nitrogens with zero attached hydrogens (tertiary/aromatic N) is 1. The van der Waals surface area contributed by atoms with E-state index in [1.807, 2.05) is 47.8 Å².